The van der Waals surface area contributed by atoms with Crippen LogP contribution in [-0.4, -0.2) is 29.0 Å². The van der Waals surface area contributed by atoms with E-state index in [1.54, 1.807) is 0 Å². The molecular weight excluding hydrogens is 248 g/mol. The van der Waals surface area contributed by atoms with Gasteiger partial charge in [-0.05, 0) is 38.9 Å². The van der Waals surface area contributed by atoms with Gasteiger partial charge in [-0.25, -0.2) is 4.98 Å². The number of rotatable bonds is 6. The molecule has 0 fully saturated rings. The number of nitrogens with one attached hydrogen (secondary N) is 1. The lowest BCUT2D eigenvalue weighted by atomic mass is 10.1. The van der Waals surface area contributed by atoms with E-state index in [2.05, 4.69) is 60.6 Å². The third-order valence-corrected chi connectivity index (χ3v) is 3.41. The second-order valence-corrected chi connectivity index (χ2v) is 5.98. The molecule has 0 unspecified atom stereocenters. The normalized spacial score (nSPS) is 11.8. The SMILES string of the molecule is CNCc1c(N(CC(C)C)C(C)C)nc2ccccn12. The Labute approximate surface area is 121 Å². The first kappa shape index (κ1) is 14.9. The molecule has 0 aliphatic heterocycles. The topological polar surface area (TPSA) is 32.6 Å². The lowest BCUT2D eigenvalue weighted by Crippen LogP contribution is -2.35. The average molecular weight is 274 g/mol. The van der Waals surface area contributed by atoms with Gasteiger partial charge in [-0.1, -0.05) is 19.9 Å². The predicted molar refractivity (Wildman–Crippen MR) is 85.3 cm³/mol. The van der Waals surface area contributed by atoms with Crippen LogP contribution in [-0.2, 0) is 6.54 Å². The molecule has 2 aromatic heterocycles. The van der Waals surface area contributed by atoms with Gasteiger partial charge in [0.1, 0.15) is 5.65 Å². The van der Waals surface area contributed by atoms with Crippen molar-refractivity contribution in [2.75, 3.05) is 18.5 Å². The summed E-state index contributed by atoms with van der Waals surface area (Å²) in [5.74, 6) is 1.72. The molecule has 0 saturated carbocycles. The summed E-state index contributed by atoms with van der Waals surface area (Å²) < 4.78 is 2.18. The lowest BCUT2D eigenvalue weighted by molar-refractivity contribution is 0.564. The zero-order valence-electron chi connectivity index (χ0n) is 13.2. The second kappa shape index (κ2) is 6.27. The minimum atomic E-state index is 0.443. The summed E-state index contributed by atoms with van der Waals surface area (Å²) in [4.78, 5) is 7.26. The third-order valence-electron chi connectivity index (χ3n) is 3.41. The Bertz CT molecular complexity index is 557. The lowest BCUT2D eigenvalue weighted by Gasteiger charge is -2.29. The van der Waals surface area contributed by atoms with Gasteiger partial charge in [0.2, 0.25) is 0 Å². The van der Waals surface area contributed by atoms with Crippen molar-refractivity contribution < 1.29 is 0 Å². The zero-order chi connectivity index (χ0) is 14.7. The Morgan fingerprint density at radius 2 is 2.00 bits per heavy atom. The van der Waals surface area contributed by atoms with E-state index in [-0.39, 0.29) is 0 Å². The Hall–Kier alpha value is -1.55. The summed E-state index contributed by atoms with van der Waals surface area (Å²) in [6.07, 6.45) is 2.09. The van der Waals surface area contributed by atoms with Gasteiger partial charge in [0.25, 0.3) is 0 Å². The van der Waals surface area contributed by atoms with Crippen molar-refractivity contribution in [2.45, 2.75) is 40.3 Å². The number of hydrogen-bond donors (Lipinski definition) is 1. The van der Waals surface area contributed by atoms with Crippen LogP contribution in [0.1, 0.15) is 33.4 Å². The Morgan fingerprint density at radius 3 is 2.60 bits per heavy atom. The number of fused-ring (bicyclic) bond motifs is 1. The average Bonchev–Trinajstić information content (AvgIpc) is 2.75. The highest BCUT2D eigenvalue weighted by molar-refractivity contribution is 5.56. The van der Waals surface area contributed by atoms with E-state index in [1.807, 2.05) is 13.1 Å². The molecule has 0 saturated heterocycles. The fourth-order valence-electron chi connectivity index (χ4n) is 2.53. The van der Waals surface area contributed by atoms with E-state index in [4.69, 9.17) is 4.98 Å². The number of pyridine rings is 1. The van der Waals surface area contributed by atoms with E-state index in [1.165, 1.54) is 5.69 Å². The number of hydrogen-bond acceptors (Lipinski definition) is 3. The van der Waals surface area contributed by atoms with Crippen molar-refractivity contribution in [3.05, 3.63) is 30.1 Å². The highest BCUT2D eigenvalue weighted by Crippen LogP contribution is 2.24. The monoisotopic (exact) mass is 274 g/mol. The van der Waals surface area contributed by atoms with E-state index < -0.39 is 0 Å². The highest BCUT2D eigenvalue weighted by atomic mass is 15.3. The molecule has 4 heteroatoms. The van der Waals surface area contributed by atoms with Crippen molar-refractivity contribution in [2.24, 2.45) is 5.92 Å². The minimum Gasteiger partial charge on any atom is -0.352 e. The third kappa shape index (κ3) is 2.96. The molecule has 0 aromatic carbocycles. The molecule has 2 rings (SSSR count). The number of anilines is 1. The van der Waals surface area contributed by atoms with Crippen molar-refractivity contribution in [3.63, 3.8) is 0 Å². The van der Waals surface area contributed by atoms with Crippen molar-refractivity contribution in [1.82, 2.24) is 14.7 Å². The molecule has 1 N–H and O–H groups in total. The Kier molecular flexibility index (Phi) is 4.65. The smallest absolute Gasteiger partial charge is 0.152 e. The van der Waals surface area contributed by atoms with Crippen LogP contribution >= 0.6 is 0 Å². The van der Waals surface area contributed by atoms with Gasteiger partial charge in [0.05, 0.1) is 5.69 Å². The number of aromatic nitrogens is 2. The van der Waals surface area contributed by atoms with Gasteiger partial charge in [-0.3, -0.25) is 0 Å². The predicted octanol–water partition coefficient (Wildman–Crippen LogP) is 2.92. The summed E-state index contributed by atoms with van der Waals surface area (Å²) in [6, 6.07) is 6.60. The van der Waals surface area contributed by atoms with E-state index in [0.717, 1.165) is 24.6 Å². The van der Waals surface area contributed by atoms with E-state index >= 15 is 0 Å². The van der Waals surface area contributed by atoms with Crippen LogP contribution in [0.2, 0.25) is 0 Å². The van der Waals surface area contributed by atoms with Crippen LogP contribution in [0.25, 0.3) is 5.65 Å². The zero-order valence-corrected chi connectivity index (χ0v) is 13.2. The van der Waals surface area contributed by atoms with Crippen LogP contribution in [0.5, 0.6) is 0 Å². The minimum absolute atomic E-state index is 0.443. The van der Waals surface area contributed by atoms with Crippen LogP contribution in [0, 0.1) is 5.92 Å². The summed E-state index contributed by atoms with van der Waals surface area (Å²) in [7, 11) is 1.98. The standard InChI is InChI=1S/C16H26N4/c1-12(2)11-20(13(3)4)16-14(10-17-5)19-9-7-6-8-15(19)18-16/h6-9,12-13,17H,10-11H2,1-5H3. The molecular formula is C16H26N4. The Balaban J connectivity index is 2.52. The molecule has 0 spiro atoms. The molecule has 0 radical (unpaired) electrons. The van der Waals surface area contributed by atoms with Gasteiger partial charge in [-0.2, -0.15) is 0 Å². The maximum absolute atomic E-state index is 4.85. The number of imidazole rings is 1. The first-order chi connectivity index (χ1) is 9.54. The van der Waals surface area contributed by atoms with Crippen molar-refractivity contribution >= 4 is 11.5 Å². The first-order valence-corrected chi connectivity index (χ1v) is 7.41. The maximum atomic E-state index is 4.85. The first-order valence-electron chi connectivity index (χ1n) is 7.41. The highest BCUT2D eigenvalue weighted by Gasteiger charge is 2.20. The fraction of sp³-hybridized carbons (Fsp3) is 0.562. The van der Waals surface area contributed by atoms with Gasteiger partial charge >= 0.3 is 0 Å². The Morgan fingerprint density at radius 1 is 1.25 bits per heavy atom. The van der Waals surface area contributed by atoms with Gasteiger partial charge < -0.3 is 14.6 Å². The largest absolute Gasteiger partial charge is 0.352 e. The quantitative estimate of drug-likeness (QED) is 0.879. The van der Waals surface area contributed by atoms with Gasteiger partial charge in [-0.15, -0.1) is 0 Å². The molecule has 2 heterocycles. The van der Waals surface area contributed by atoms with Crippen LogP contribution in [0.3, 0.4) is 0 Å². The van der Waals surface area contributed by atoms with E-state index in [9.17, 15) is 0 Å². The molecule has 2 aromatic rings. The van der Waals surface area contributed by atoms with E-state index in [0.29, 0.717) is 12.0 Å². The van der Waals surface area contributed by atoms with Gasteiger partial charge in [0, 0.05) is 25.3 Å². The van der Waals surface area contributed by atoms with Crippen LogP contribution < -0.4 is 10.2 Å². The van der Waals surface area contributed by atoms with Gasteiger partial charge in [0.15, 0.2) is 5.82 Å². The molecule has 4 nitrogen and oxygen atoms in total. The summed E-state index contributed by atoms with van der Waals surface area (Å²) in [6.45, 7) is 10.8. The summed E-state index contributed by atoms with van der Waals surface area (Å²) in [5, 5.41) is 3.26. The van der Waals surface area contributed by atoms with Crippen molar-refractivity contribution in [3.8, 4) is 0 Å². The molecule has 0 amide bonds. The molecule has 110 valence electrons. The second-order valence-electron chi connectivity index (χ2n) is 5.98. The van der Waals surface area contributed by atoms with Crippen LogP contribution in [0.15, 0.2) is 24.4 Å². The molecule has 20 heavy (non-hydrogen) atoms. The van der Waals surface area contributed by atoms with Crippen LogP contribution in [0.4, 0.5) is 5.82 Å². The molecule has 0 bridgehead atoms. The maximum Gasteiger partial charge on any atom is 0.152 e. The summed E-state index contributed by atoms with van der Waals surface area (Å²) in [5.41, 5.74) is 2.25. The fourth-order valence-corrected chi connectivity index (χ4v) is 2.53. The molecule has 0 atom stereocenters. The number of nitrogens with zero attached hydrogens (tertiary/aromatic N) is 3. The molecule has 0 aliphatic rings. The van der Waals surface area contributed by atoms with Crippen molar-refractivity contribution in [1.29, 1.82) is 0 Å². The molecule has 0 aliphatic carbocycles. The summed E-state index contributed by atoms with van der Waals surface area (Å²) >= 11 is 0.